The van der Waals surface area contributed by atoms with Crippen molar-refractivity contribution in [3.8, 4) is 0 Å². The maximum atomic E-state index is 11.2. The van der Waals surface area contributed by atoms with E-state index >= 15 is 0 Å². The number of hydrogen-bond donors (Lipinski definition) is 1. The molecular weight excluding hydrogens is 214 g/mol. The Kier molecular flexibility index (Phi) is 3.78. The van der Waals surface area contributed by atoms with Crippen molar-refractivity contribution < 1.29 is 19.6 Å². The molecule has 2 atom stereocenters. The average Bonchev–Trinajstić information content (AvgIpc) is 2.26. The Morgan fingerprint density at radius 2 is 2.31 bits per heavy atom. The second-order valence-corrected chi connectivity index (χ2v) is 3.53. The third kappa shape index (κ3) is 2.46. The zero-order valence-electron chi connectivity index (χ0n) is 9.04. The van der Waals surface area contributed by atoms with Crippen LogP contribution in [0.4, 0.5) is 0 Å². The van der Waals surface area contributed by atoms with E-state index in [0.29, 0.717) is 5.57 Å². The van der Waals surface area contributed by atoms with Crippen LogP contribution in [-0.4, -0.2) is 35.3 Å². The van der Waals surface area contributed by atoms with Crippen molar-refractivity contribution in [3.05, 3.63) is 33.4 Å². The molecule has 0 radical (unpaired) electrons. The van der Waals surface area contributed by atoms with E-state index in [1.165, 1.54) is 26.2 Å². The number of nitrogens with zero attached hydrogens (tertiary/aromatic N) is 1. The van der Waals surface area contributed by atoms with E-state index in [4.69, 9.17) is 0 Å². The summed E-state index contributed by atoms with van der Waals surface area (Å²) in [4.78, 5) is 21.5. The van der Waals surface area contributed by atoms with Crippen LogP contribution >= 0.6 is 0 Å². The van der Waals surface area contributed by atoms with Crippen LogP contribution in [0.5, 0.6) is 0 Å². The van der Waals surface area contributed by atoms with E-state index in [9.17, 15) is 20.0 Å². The minimum atomic E-state index is -1.06. The van der Waals surface area contributed by atoms with Gasteiger partial charge in [0.15, 0.2) is 0 Å². The van der Waals surface area contributed by atoms with E-state index in [-0.39, 0.29) is 12.0 Å². The Morgan fingerprint density at radius 1 is 1.69 bits per heavy atom. The summed E-state index contributed by atoms with van der Waals surface area (Å²) < 4.78 is 4.49. The van der Waals surface area contributed by atoms with Gasteiger partial charge in [-0.3, -0.25) is 10.1 Å². The molecule has 0 amide bonds. The maximum absolute atomic E-state index is 11.2. The number of aliphatic hydroxyl groups excluding tert-OH is 1. The first-order valence-corrected chi connectivity index (χ1v) is 4.78. The molecule has 2 unspecified atom stereocenters. The van der Waals surface area contributed by atoms with Gasteiger partial charge in [0.1, 0.15) is 0 Å². The SMILES string of the molecule is COC(=O)C1=CC=C(C(C)O)C([N+](=O)[O-])C1. The lowest BCUT2D eigenvalue weighted by Crippen LogP contribution is -2.31. The monoisotopic (exact) mass is 227 g/mol. The summed E-state index contributed by atoms with van der Waals surface area (Å²) in [6, 6.07) is -1.06. The van der Waals surface area contributed by atoms with Crippen molar-refractivity contribution >= 4 is 5.97 Å². The lowest BCUT2D eigenvalue weighted by atomic mass is 9.91. The number of ether oxygens (including phenoxy) is 1. The summed E-state index contributed by atoms with van der Waals surface area (Å²) >= 11 is 0. The van der Waals surface area contributed by atoms with Crippen molar-refractivity contribution in [1.29, 1.82) is 0 Å². The first-order valence-electron chi connectivity index (χ1n) is 4.78. The van der Waals surface area contributed by atoms with Gasteiger partial charge >= 0.3 is 5.97 Å². The van der Waals surface area contributed by atoms with Crippen LogP contribution in [0.15, 0.2) is 23.3 Å². The normalized spacial score (nSPS) is 21.8. The van der Waals surface area contributed by atoms with Gasteiger partial charge in [0, 0.05) is 16.1 Å². The molecule has 0 spiro atoms. The predicted molar refractivity (Wildman–Crippen MR) is 55.3 cm³/mol. The highest BCUT2D eigenvalue weighted by Gasteiger charge is 2.33. The van der Waals surface area contributed by atoms with Crippen molar-refractivity contribution in [2.75, 3.05) is 7.11 Å². The molecule has 6 heteroatoms. The lowest BCUT2D eigenvalue weighted by Gasteiger charge is -2.19. The summed E-state index contributed by atoms with van der Waals surface area (Å²) in [5.41, 5.74) is 0.547. The third-order valence-electron chi connectivity index (χ3n) is 2.46. The second-order valence-electron chi connectivity index (χ2n) is 3.53. The highest BCUT2D eigenvalue weighted by atomic mass is 16.6. The molecule has 1 aliphatic rings. The van der Waals surface area contributed by atoms with Crippen molar-refractivity contribution in [3.63, 3.8) is 0 Å². The summed E-state index contributed by atoms with van der Waals surface area (Å²) in [6.07, 6.45) is 1.92. The minimum absolute atomic E-state index is 0.0452. The highest BCUT2D eigenvalue weighted by molar-refractivity contribution is 5.89. The number of methoxy groups -OCH3 is 1. The van der Waals surface area contributed by atoms with Gasteiger partial charge in [-0.2, -0.15) is 0 Å². The predicted octanol–water partition coefficient (Wildman–Crippen LogP) is 0.442. The number of nitro groups is 1. The summed E-state index contributed by atoms with van der Waals surface area (Å²) in [6.45, 7) is 1.46. The molecule has 0 bridgehead atoms. The molecule has 1 N–H and O–H groups in total. The Morgan fingerprint density at radius 3 is 2.75 bits per heavy atom. The number of hydrogen-bond acceptors (Lipinski definition) is 5. The van der Waals surface area contributed by atoms with Gasteiger partial charge in [0.05, 0.1) is 19.6 Å². The Bertz CT molecular complexity index is 369. The van der Waals surface area contributed by atoms with Crippen LogP contribution in [-0.2, 0) is 9.53 Å². The van der Waals surface area contributed by atoms with Crippen LogP contribution in [0.25, 0.3) is 0 Å². The van der Waals surface area contributed by atoms with Gasteiger partial charge in [-0.15, -0.1) is 0 Å². The molecule has 0 heterocycles. The number of esters is 1. The van der Waals surface area contributed by atoms with Gasteiger partial charge in [0.2, 0.25) is 6.04 Å². The van der Waals surface area contributed by atoms with Gasteiger partial charge in [0.25, 0.3) is 0 Å². The molecule has 0 fully saturated rings. The fraction of sp³-hybridized carbons (Fsp3) is 0.500. The minimum Gasteiger partial charge on any atom is -0.466 e. The van der Waals surface area contributed by atoms with E-state index in [0.717, 1.165) is 0 Å². The Hall–Kier alpha value is -1.69. The van der Waals surface area contributed by atoms with Crippen LogP contribution < -0.4 is 0 Å². The van der Waals surface area contributed by atoms with Crippen molar-refractivity contribution in [2.24, 2.45) is 0 Å². The molecule has 6 nitrogen and oxygen atoms in total. The molecular formula is C10H13NO5. The van der Waals surface area contributed by atoms with Gasteiger partial charge in [-0.25, -0.2) is 4.79 Å². The smallest absolute Gasteiger partial charge is 0.334 e. The zero-order valence-corrected chi connectivity index (χ0v) is 9.04. The fourth-order valence-corrected chi connectivity index (χ4v) is 1.60. The summed E-state index contributed by atoms with van der Waals surface area (Å²) in [7, 11) is 1.22. The van der Waals surface area contributed by atoms with Crippen LogP contribution in [0.2, 0.25) is 0 Å². The quantitative estimate of drug-likeness (QED) is 0.429. The highest BCUT2D eigenvalue weighted by Crippen LogP contribution is 2.24. The number of carbonyl (C=O) groups excluding carboxylic acids is 1. The fourth-order valence-electron chi connectivity index (χ4n) is 1.60. The van der Waals surface area contributed by atoms with Crippen LogP contribution in [0.1, 0.15) is 13.3 Å². The molecule has 1 aliphatic carbocycles. The maximum Gasteiger partial charge on any atom is 0.334 e. The van der Waals surface area contributed by atoms with Gasteiger partial charge < -0.3 is 9.84 Å². The number of carbonyl (C=O) groups is 1. The molecule has 88 valence electrons. The largest absolute Gasteiger partial charge is 0.466 e. The molecule has 0 saturated heterocycles. The molecule has 0 saturated carbocycles. The molecule has 0 aromatic rings. The second kappa shape index (κ2) is 4.89. The Balaban J connectivity index is 3.00. The zero-order chi connectivity index (χ0) is 12.3. The topological polar surface area (TPSA) is 89.7 Å². The summed E-state index contributed by atoms with van der Waals surface area (Å²) in [5.74, 6) is -0.576. The molecule has 0 aromatic heterocycles. The van der Waals surface area contributed by atoms with E-state index < -0.39 is 23.0 Å². The van der Waals surface area contributed by atoms with Gasteiger partial charge in [-0.05, 0) is 6.92 Å². The van der Waals surface area contributed by atoms with E-state index in [1.807, 2.05) is 0 Å². The number of rotatable bonds is 3. The Labute approximate surface area is 92.4 Å². The molecule has 1 rings (SSSR count). The molecule has 16 heavy (non-hydrogen) atoms. The first-order chi connectivity index (χ1) is 7.47. The van der Waals surface area contributed by atoms with Crippen LogP contribution in [0, 0.1) is 10.1 Å². The van der Waals surface area contributed by atoms with E-state index in [1.54, 1.807) is 0 Å². The van der Waals surface area contributed by atoms with Crippen molar-refractivity contribution in [2.45, 2.75) is 25.5 Å². The van der Waals surface area contributed by atoms with E-state index in [2.05, 4.69) is 4.74 Å². The first kappa shape index (κ1) is 12.4. The lowest BCUT2D eigenvalue weighted by molar-refractivity contribution is -0.512. The third-order valence-corrected chi connectivity index (χ3v) is 2.46. The van der Waals surface area contributed by atoms with Gasteiger partial charge in [-0.1, -0.05) is 12.2 Å². The average molecular weight is 227 g/mol. The summed E-state index contributed by atoms with van der Waals surface area (Å²) in [5, 5.41) is 20.2. The van der Waals surface area contributed by atoms with Crippen LogP contribution in [0.3, 0.4) is 0 Å². The number of allylic oxidation sites excluding steroid dienone is 2. The van der Waals surface area contributed by atoms with Crippen molar-refractivity contribution in [1.82, 2.24) is 0 Å². The molecule has 0 aromatic carbocycles. The number of aliphatic hydroxyl groups is 1. The standard InChI is InChI=1S/C10H13NO5/c1-6(12)8-4-3-7(10(13)16-2)5-9(8)11(14)15/h3-4,6,9,12H,5H2,1-2H3. The molecule has 0 aliphatic heterocycles.